The Bertz CT molecular complexity index is 552. The van der Waals surface area contributed by atoms with E-state index in [0.29, 0.717) is 0 Å². The van der Waals surface area contributed by atoms with Crippen LogP contribution in [0.25, 0.3) is 0 Å². The zero-order valence-electron chi connectivity index (χ0n) is 9.73. The van der Waals surface area contributed by atoms with E-state index in [2.05, 4.69) is 5.32 Å². The zero-order chi connectivity index (χ0) is 13.2. The number of carbonyl (C=O) groups is 1. The largest absolute Gasteiger partial charge is 0.355 e. The molecule has 1 fully saturated rings. The molecule has 0 heterocycles. The van der Waals surface area contributed by atoms with E-state index in [1.807, 2.05) is 0 Å². The molecule has 98 valence electrons. The predicted octanol–water partition coefficient (Wildman–Crippen LogP) is 1.13. The first-order valence-corrected chi connectivity index (χ1v) is 7.41. The summed E-state index contributed by atoms with van der Waals surface area (Å²) >= 11 is 0. The van der Waals surface area contributed by atoms with Crippen LogP contribution in [0.2, 0.25) is 0 Å². The molecule has 18 heavy (non-hydrogen) atoms. The second kappa shape index (κ2) is 5.06. The topological polar surface area (TPSA) is 63.2 Å². The van der Waals surface area contributed by atoms with Crippen LogP contribution in [0.5, 0.6) is 0 Å². The van der Waals surface area contributed by atoms with Crippen molar-refractivity contribution in [3.8, 4) is 0 Å². The summed E-state index contributed by atoms with van der Waals surface area (Å²) in [6.45, 7) is 0.0198. The fourth-order valence-electron chi connectivity index (χ4n) is 1.61. The molecule has 1 N–H and O–H groups in total. The summed E-state index contributed by atoms with van der Waals surface area (Å²) in [5.74, 6) is -1.11. The summed E-state index contributed by atoms with van der Waals surface area (Å²) in [4.78, 5) is 11.0. The Kier molecular flexibility index (Phi) is 3.65. The van der Waals surface area contributed by atoms with Crippen LogP contribution in [0, 0.1) is 11.7 Å². The van der Waals surface area contributed by atoms with Crippen molar-refractivity contribution in [3.63, 3.8) is 0 Å². The molecule has 1 saturated carbocycles. The lowest BCUT2D eigenvalue weighted by Gasteiger charge is -2.06. The van der Waals surface area contributed by atoms with Gasteiger partial charge in [-0.25, -0.2) is 12.8 Å². The molecule has 1 aliphatic carbocycles. The van der Waals surface area contributed by atoms with E-state index < -0.39 is 15.7 Å². The van der Waals surface area contributed by atoms with Gasteiger partial charge in [0, 0.05) is 12.5 Å². The Morgan fingerprint density at radius 2 is 2.00 bits per heavy atom. The number of sulfone groups is 1. The van der Waals surface area contributed by atoms with Crippen LogP contribution in [0.15, 0.2) is 29.2 Å². The van der Waals surface area contributed by atoms with E-state index in [1.165, 1.54) is 18.2 Å². The first-order valence-electron chi connectivity index (χ1n) is 5.76. The molecule has 1 amide bonds. The van der Waals surface area contributed by atoms with Crippen LogP contribution in [-0.2, 0) is 14.6 Å². The molecule has 1 aliphatic rings. The highest BCUT2D eigenvalue weighted by molar-refractivity contribution is 7.91. The molecule has 0 radical (unpaired) electrons. The normalized spacial score (nSPS) is 15.4. The Morgan fingerprint density at radius 3 is 2.61 bits per heavy atom. The van der Waals surface area contributed by atoms with Gasteiger partial charge in [-0.15, -0.1) is 0 Å². The number of halogens is 1. The number of benzene rings is 1. The Labute approximate surface area is 105 Å². The van der Waals surface area contributed by atoms with Crippen molar-refractivity contribution in [2.24, 2.45) is 5.92 Å². The molecule has 0 atom stereocenters. The number of amides is 1. The molecule has 6 heteroatoms. The van der Waals surface area contributed by atoms with Gasteiger partial charge in [0.1, 0.15) is 10.7 Å². The standard InChI is InChI=1S/C12H14FNO3S/c13-10-3-1-2-4-11(10)18(16,17)8-7-14-12(15)9-5-6-9/h1-4,9H,5-8H2,(H,14,15). The van der Waals surface area contributed by atoms with Gasteiger partial charge in [-0.1, -0.05) is 12.1 Å². The van der Waals surface area contributed by atoms with E-state index in [4.69, 9.17) is 0 Å². The van der Waals surface area contributed by atoms with Gasteiger partial charge < -0.3 is 5.32 Å². The van der Waals surface area contributed by atoms with Gasteiger partial charge in [-0.2, -0.15) is 0 Å². The number of nitrogens with one attached hydrogen (secondary N) is 1. The maximum atomic E-state index is 13.3. The third kappa shape index (κ3) is 3.07. The molecular formula is C12H14FNO3S. The Morgan fingerprint density at radius 1 is 1.33 bits per heavy atom. The second-order valence-corrected chi connectivity index (χ2v) is 6.39. The van der Waals surface area contributed by atoms with Crippen LogP contribution < -0.4 is 5.32 Å². The predicted molar refractivity (Wildman–Crippen MR) is 64.2 cm³/mol. The maximum Gasteiger partial charge on any atom is 0.223 e. The molecule has 2 rings (SSSR count). The lowest BCUT2D eigenvalue weighted by molar-refractivity contribution is -0.122. The van der Waals surface area contributed by atoms with Gasteiger partial charge in [0.25, 0.3) is 0 Å². The van der Waals surface area contributed by atoms with Crippen molar-refractivity contribution in [3.05, 3.63) is 30.1 Å². The molecule has 0 unspecified atom stereocenters. The molecule has 0 bridgehead atoms. The van der Waals surface area contributed by atoms with E-state index in [0.717, 1.165) is 18.9 Å². The maximum absolute atomic E-state index is 13.3. The van der Waals surface area contributed by atoms with Crippen molar-refractivity contribution < 1.29 is 17.6 Å². The summed E-state index contributed by atoms with van der Waals surface area (Å²) < 4.78 is 37.0. The number of hydrogen-bond donors (Lipinski definition) is 1. The molecule has 0 saturated heterocycles. The van der Waals surface area contributed by atoms with Crippen LogP contribution in [-0.4, -0.2) is 26.6 Å². The number of carbonyl (C=O) groups excluding carboxylic acids is 1. The highest BCUT2D eigenvalue weighted by atomic mass is 32.2. The minimum Gasteiger partial charge on any atom is -0.355 e. The third-order valence-electron chi connectivity index (χ3n) is 2.79. The second-order valence-electron chi connectivity index (χ2n) is 4.31. The first-order chi connectivity index (χ1) is 8.50. The fraction of sp³-hybridized carbons (Fsp3) is 0.417. The molecule has 0 aromatic heterocycles. The zero-order valence-corrected chi connectivity index (χ0v) is 10.5. The molecule has 1 aromatic rings. The summed E-state index contributed by atoms with van der Waals surface area (Å²) in [5, 5.41) is 2.55. The minimum absolute atomic E-state index is 0.0198. The highest BCUT2D eigenvalue weighted by Crippen LogP contribution is 2.28. The fourth-order valence-corrected chi connectivity index (χ4v) is 2.85. The first kappa shape index (κ1) is 13.0. The molecule has 4 nitrogen and oxygen atoms in total. The monoisotopic (exact) mass is 271 g/mol. The minimum atomic E-state index is -3.68. The van der Waals surface area contributed by atoms with E-state index in [-0.39, 0.29) is 29.0 Å². The molecular weight excluding hydrogens is 257 g/mol. The van der Waals surface area contributed by atoms with Crippen LogP contribution in [0.1, 0.15) is 12.8 Å². The average molecular weight is 271 g/mol. The van der Waals surface area contributed by atoms with Gasteiger partial charge in [0.05, 0.1) is 5.75 Å². The summed E-state index contributed by atoms with van der Waals surface area (Å²) in [6.07, 6.45) is 1.73. The Hall–Kier alpha value is -1.43. The summed E-state index contributed by atoms with van der Waals surface area (Å²) in [7, 11) is -3.68. The van der Waals surface area contributed by atoms with Gasteiger partial charge in [0.15, 0.2) is 9.84 Å². The van der Waals surface area contributed by atoms with Gasteiger partial charge in [0.2, 0.25) is 5.91 Å². The van der Waals surface area contributed by atoms with Crippen molar-refractivity contribution in [2.45, 2.75) is 17.7 Å². The molecule has 0 spiro atoms. The highest BCUT2D eigenvalue weighted by Gasteiger charge is 2.29. The third-order valence-corrected chi connectivity index (χ3v) is 4.53. The Balaban J connectivity index is 1.95. The van der Waals surface area contributed by atoms with Gasteiger partial charge in [-0.3, -0.25) is 4.79 Å². The van der Waals surface area contributed by atoms with Crippen molar-refractivity contribution in [1.82, 2.24) is 5.32 Å². The van der Waals surface area contributed by atoms with Crippen LogP contribution in [0.3, 0.4) is 0 Å². The summed E-state index contributed by atoms with van der Waals surface area (Å²) in [6, 6.07) is 5.24. The van der Waals surface area contributed by atoms with Crippen molar-refractivity contribution >= 4 is 15.7 Å². The average Bonchev–Trinajstić information content (AvgIpc) is 3.12. The number of rotatable bonds is 5. The van der Waals surface area contributed by atoms with Crippen LogP contribution >= 0.6 is 0 Å². The molecule has 0 aliphatic heterocycles. The van der Waals surface area contributed by atoms with E-state index >= 15 is 0 Å². The van der Waals surface area contributed by atoms with Crippen molar-refractivity contribution in [2.75, 3.05) is 12.3 Å². The number of hydrogen-bond acceptors (Lipinski definition) is 3. The quantitative estimate of drug-likeness (QED) is 0.873. The van der Waals surface area contributed by atoms with E-state index in [1.54, 1.807) is 0 Å². The lowest BCUT2D eigenvalue weighted by Crippen LogP contribution is -2.30. The SMILES string of the molecule is O=C(NCCS(=O)(=O)c1ccccc1F)C1CC1. The van der Waals surface area contributed by atoms with Gasteiger partial charge in [-0.05, 0) is 25.0 Å². The van der Waals surface area contributed by atoms with Gasteiger partial charge >= 0.3 is 0 Å². The van der Waals surface area contributed by atoms with Crippen LogP contribution in [0.4, 0.5) is 4.39 Å². The summed E-state index contributed by atoms with van der Waals surface area (Å²) in [5.41, 5.74) is 0. The smallest absolute Gasteiger partial charge is 0.223 e. The van der Waals surface area contributed by atoms with Crippen molar-refractivity contribution in [1.29, 1.82) is 0 Å². The molecule has 1 aromatic carbocycles. The van der Waals surface area contributed by atoms with E-state index in [9.17, 15) is 17.6 Å². The lowest BCUT2D eigenvalue weighted by atomic mass is 10.3.